The summed E-state index contributed by atoms with van der Waals surface area (Å²) >= 11 is 0. The minimum atomic E-state index is -0.0589. The summed E-state index contributed by atoms with van der Waals surface area (Å²) < 4.78 is 5.55. The second-order valence-corrected chi connectivity index (χ2v) is 11.2. The maximum absolute atomic E-state index is 11.1. The molecule has 2 heteroatoms. The van der Waals surface area contributed by atoms with Gasteiger partial charge in [-0.25, -0.2) is 0 Å². The van der Waals surface area contributed by atoms with Gasteiger partial charge in [0.2, 0.25) is 0 Å². The van der Waals surface area contributed by atoms with E-state index >= 15 is 0 Å². The van der Waals surface area contributed by atoms with Crippen LogP contribution in [0.3, 0.4) is 0 Å². The maximum Gasteiger partial charge on any atom is 0.123 e. The van der Waals surface area contributed by atoms with E-state index in [0.29, 0.717) is 5.75 Å². The van der Waals surface area contributed by atoms with Crippen molar-refractivity contribution in [2.75, 3.05) is 7.11 Å². The molecule has 30 heavy (non-hydrogen) atoms. The Kier molecular flexibility index (Phi) is 3.92. The quantitative estimate of drug-likeness (QED) is 0.462. The monoisotopic (exact) mass is 400 g/mol. The van der Waals surface area contributed by atoms with Crippen molar-refractivity contribution >= 4 is 10.8 Å². The van der Waals surface area contributed by atoms with Crippen LogP contribution in [0.4, 0.5) is 0 Å². The van der Waals surface area contributed by atoms with Crippen molar-refractivity contribution in [1.29, 1.82) is 0 Å². The van der Waals surface area contributed by atoms with E-state index in [9.17, 15) is 5.11 Å². The summed E-state index contributed by atoms with van der Waals surface area (Å²) in [5.74, 6) is 1.18. The number of aryl methyl sites for hydroxylation is 1. The number of fused-ring (bicyclic) bond motifs is 7. The predicted molar refractivity (Wildman–Crippen MR) is 125 cm³/mol. The third-order valence-electron chi connectivity index (χ3n) is 7.38. The summed E-state index contributed by atoms with van der Waals surface area (Å²) in [6, 6.07) is 15.2. The first kappa shape index (κ1) is 19.5. The molecule has 0 bridgehead atoms. The molecule has 1 N–H and O–H groups in total. The maximum atomic E-state index is 11.1. The Morgan fingerprint density at radius 3 is 2.17 bits per heavy atom. The van der Waals surface area contributed by atoms with Crippen LogP contribution in [0.15, 0.2) is 42.5 Å². The van der Waals surface area contributed by atoms with E-state index in [1.54, 1.807) is 7.11 Å². The molecule has 0 radical (unpaired) electrons. The normalized spacial score (nSPS) is 20.2. The van der Waals surface area contributed by atoms with E-state index in [2.05, 4.69) is 71.0 Å². The lowest BCUT2D eigenvalue weighted by Gasteiger charge is -2.51. The summed E-state index contributed by atoms with van der Waals surface area (Å²) in [5, 5.41) is 13.1. The molecule has 156 valence electrons. The minimum absolute atomic E-state index is 0.0589. The highest BCUT2D eigenvalue weighted by Crippen LogP contribution is 2.64. The number of ether oxygens (including phenoxy) is 1. The molecule has 0 aromatic heterocycles. The zero-order valence-corrected chi connectivity index (χ0v) is 19.0. The van der Waals surface area contributed by atoms with Gasteiger partial charge in [0.15, 0.2) is 0 Å². The van der Waals surface area contributed by atoms with Crippen LogP contribution in [-0.2, 0) is 5.41 Å². The molecule has 0 unspecified atom stereocenters. The summed E-state index contributed by atoms with van der Waals surface area (Å²) in [6.07, 6.45) is 3.43. The zero-order valence-electron chi connectivity index (χ0n) is 19.0. The van der Waals surface area contributed by atoms with Crippen LogP contribution in [0.5, 0.6) is 11.5 Å². The molecule has 1 fully saturated rings. The second kappa shape index (κ2) is 6.03. The third kappa shape index (κ3) is 2.62. The number of rotatable bonds is 1. The first-order valence-electron chi connectivity index (χ1n) is 11.0. The first-order valence-corrected chi connectivity index (χ1v) is 11.0. The number of hydrogen-bond donors (Lipinski definition) is 1. The number of methoxy groups -OCH3 is 1. The van der Waals surface area contributed by atoms with Crippen LogP contribution < -0.4 is 4.74 Å². The highest BCUT2D eigenvalue weighted by atomic mass is 16.5. The number of hydrogen-bond acceptors (Lipinski definition) is 2. The van der Waals surface area contributed by atoms with E-state index in [0.717, 1.165) is 34.9 Å². The van der Waals surface area contributed by atoms with Gasteiger partial charge in [0.05, 0.1) is 7.11 Å². The van der Waals surface area contributed by atoms with Crippen molar-refractivity contribution in [2.24, 2.45) is 10.8 Å². The van der Waals surface area contributed by atoms with Gasteiger partial charge in [0, 0.05) is 10.8 Å². The molecule has 0 amide bonds. The summed E-state index contributed by atoms with van der Waals surface area (Å²) in [4.78, 5) is 0. The Morgan fingerprint density at radius 2 is 1.50 bits per heavy atom. The highest BCUT2D eigenvalue weighted by Gasteiger charge is 2.53. The number of phenols is 1. The van der Waals surface area contributed by atoms with Gasteiger partial charge in [-0.1, -0.05) is 52.0 Å². The smallest absolute Gasteiger partial charge is 0.123 e. The van der Waals surface area contributed by atoms with E-state index in [4.69, 9.17) is 4.74 Å². The third-order valence-corrected chi connectivity index (χ3v) is 7.38. The van der Waals surface area contributed by atoms with Gasteiger partial charge in [-0.2, -0.15) is 0 Å². The van der Waals surface area contributed by atoms with Gasteiger partial charge in [-0.05, 0) is 88.4 Å². The summed E-state index contributed by atoms with van der Waals surface area (Å²) in [6.45, 7) is 11.7. The van der Waals surface area contributed by atoms with Crippen molar-refractivity contribution in [3.8, 4) is 22.6 Å². The van der Waals surface area contributed by atoms with Crippen molar-refractivity contribution in [3.05, 3.63) is 59.2 Å². The van der Waals surface area contributed by atoms with E-state index in [-0.39, 0.29) is 16.2 Å². The van der Waals surface area contributed by atoms with Crippen LogP contribution in [0.25, 0.3) is 21.9 Å². The number of phenolic OH excluding ortho intramolecular Hbond substituents is 1. The Bertz CT molecular complexity index is 1170. The average Bonchev–Trinajstić information content (AvgIpc) is 2.88. The lowest BCUT2D eigenvalue weighted by Crippen LogP contribution is -2.43. The fraction of sp³-hybridized carbons (Fsp3) is 0.429. The Labute approximate surface area is 179 Å². The molecule has 0 heterocycles. The summed E-state index contributed by atoms with van der Waals surface area (Å²) in [5.41, 5.74) is 6.87. The topological polar surface area (TPSA) is 29.5 Å². The molecule has 0 atom stereocenters. The Morgan fingerprint density at radius 1 is 0.833 bits per heavy atom. The van der Waals surface area contributed by atoms with Gasteiger partial charge >= 0.3 is 0 Å². The van der Waals surface area contributed by atoms with Crippen molar-refractivity contribution in [1.82, 2.24) is 0 Å². The molecule has 0 aliphatic heterocycles. The SMILES string of the molecule is COc1cc2c(O)cc3c(c2cc1C)-c1ccccc1C31CC(C)(C)CC(C)(C)C1. The molecule has 1 saturated carbocycles. The van der Waals surface area contributed by atoms with Crippen molar-refractivity contribution in [3.63, 3.8) is 0 Å². The van der Waals surface area contributed by atoms with Crippen LogP contribution >= 0.6 is 0 Å². The van der Waals surface area contributed by atoms with Gasteiger partial charge < -0.3 is 9.84 Å². The molecular formula is C28H32O2. The first-order chi connectivity index (χ1) is 14.1. The fourth-order valence-corrected chi connectivity index (χ4v) is 7.19. The largest absolute Gasteiger partial charge is 0.507 e. The molecule has 0 saturated heterocycles. The zero-order chi connectivity index (χ0) is 21.5. The van der Waals surface area contributed by atoms with E-state index in [1.807, 2.05) is 6.07 Å². The van der Waals surface area contributed by atoms with Gasteiger partial charge in [-0.3, -0.25) is 0 Å². The number of benzene rings is 3. The van der Waals surface area contributed by atoms with Gasteiger partial charge in [0.25, 0.3) is 0 Å². The molecule has 5 rings (SSSR count). The fourth-order valence-electron chi connectivity index (χ4n) is 7.19. The Hall–Kier alpha value is -2.48. The molecule has 2 aliphatic rings. The summed E-state index contributed by atoms with van der Waals surface area (Å²) in [7, 11) is 1.69. The lowest BCUT2D eigenvalue weighted by molar-refractivity contribution is 0.0645. The predicted octanol–water partition coefficient (Wildman–Crippen LogP) is 7.37. The second-order valence-electron chi connectivity index (χ2n) is 11.2. The molecule has 3 aromatic rings. The van der Waals surface area contributed by atoms with Crippen molar-refractivity contribution < 1.29 is 9.84 Å². The van der Waals surface area contributed by atoms with Crippen LogP contribution in [0, 0.1) is 17.8 Å². The van der Waals surface area contributed by atoms with Crippen molar-refractivity contribution in [2.45, 2.75) is 59.3 Å². The Balaban J connectivity index is 1.90. The van der Waals surface area contributed by atoms with Gasteiger partial charge in [-0.15, -0.1) is 0 Å². The lowest BCUT2D eigenvalue weighted by atomic mass is 9.52. The molecule has 3 aromatic carbocycles. The van der Waals surface area contributed by atoms with E-state index < -0.39 is 0 Å². The molecular weight excluding hydrogens is 368 g/mol. The average molecular weight is 401 g/mol. The van der Waals surface area contributed by atoms with E-state index in [1.165, 1.54) is 28.7 Å². The molecule has 1 spiro atoms. The number of aromatic hydroxyl groups is 1. The standard InChI is InChI=1S/C28H32O2/c1-17-11-20-19(12-24(17)30-6)23(29)13-22-25(20)18-9-7-8-10-21(18)28(22)15-26(2,3)14-27(4,5)16-28/h7-13,29H,14-16H2,1-6H3. The minimum Gasteiger partial charge on any atom is -0.507 e. The molecule has 2 nitrogen and oxygen atoms in total. The van der Waals surface area contributed by atoms with Gasteiger partial charge in [0.1, 0.15) is 11.5 Å². The van der Waals surface area contributed by atoms with Crippen LogP contribution in [0.2, 0.25) is 0 Å². The molecule has 2 aliphatic carbocycles. The van der Waals surface area contributed by atoms with Crippen LogP contribution in [-0.4, -0.2) is 12.2 Å². The highest BCUT2D eigenvalue weighted by molar-refractivity contribution is 6.06. The van der Waals surface area contributed by atoms with Crippen LogP contribution in [0.1, 0.15) is 63.6 Å².